The van der Waals surface area contributed by atoms with Crippen molar-refractivity contribution in [1.29, 1.82) is 0 Å². The van der Waals surface area contributed by atoms with Crippen LogP contribution in [-0.4, -0.2) is 161 Å². The Hall–Kier alpha value is -9.30. The van der Waals surface area contributed by atoms with Gasteiger partial charge in [-0.2, -0.15) is 26.3 Å². The minimum Gasteiger partial charge on any atom is -0.481 e. The maximum Gasteiger partial charge on any atom is 0.313 e. The van der Waals surface area contributed by atoms with Crippen LogP contribution in [-0.2, 0) is 99.1 Å². The first kappa shape index (κ1) is 99.9. The number of esters is 5. The molecule has 2 atom stereocenters. The third-order valence-corrected chi connectivity index (χ3v) is 15.5. The van der Waals surface area contributed by atoms with Crippen LogP contribution in [0, 0.1) is 98.1 Å². The van der Waals surface area contributed by atoms with E-state index in [0.29, 0.717) is 20.7 Å². The van der Waals surface area contributed by atoms with Crippen molar-refractivity contribution in [1.82, 2.24) is 0 Å². The third kappa shape index (κ3) is 37.5. The molecule has 3 N–H and O–H groups in total. The standard InChI is InChI=1S/C44H33F15O12.C26H36O12.C2H6.CH5FP2/c45-26-29(48)35(54)41(36(55)30(26)49)69-23(62)9-12-65-17-44(15-21(60)7-4-8-22(61)68-16-20-5-2-1-3-6-20,18-66-13-10-24(63)70-42-37(56)31(50)27(46)32(51)38(42)57)19-67-14-11-25(64)71-43-39(58)33(52)28(47)34(53)40(43)59;27-21(7-4-8-25(34)38-16-20-5-2-1-3-6-20)15-26(17-35-12-9-22(28)29,18-36-13-10-23(30)31)19-37-14-11-24(32)33;1-2;1-3-4-2/h1-3,5-6H,4,7-19H2;1-3,5-6H,4,7-19H2,(H,28,29)(H,30,31)(H,32,33);1-2H3;3-4H,1H3/i;;1D;. The summed E-state index contributed by atoms with van der Waals surface area (Å²) in [7, 11) is 0.170. The summed E-state index contributed by atoms with van der Waals surface area (Å²) < 4.78 is 280. The van der Waals surface area contributed by atoms with E-state index in [2.05, 4.69) is 14.2 Å². The maximum absolute atomic E-state index is 14.1. The zero-order valence-corrected chi connectivity index (χ0v) is 63.2. The number of ketones is 2. The molecule has 0 aliphatic carbocycles. The van der Waals surface area contributed by atoms with Gasteiger partial charge in [0.05, 0.1) is 126 Å². The van der Waals surface area contributed by atoms with Crippen LogP contribution in [0.1, 0.15) is 116 Å². The molecule has 638 valence electrons. The lowest BCUT2D eigenvalue weighted by Crippen LogP contribution is -2.40. The van der Waals surface area contributed by atoms with Crippen LogP contribution in [0.2, 0.25) is 0 Å². The SMILES string of the molecule is CPPF.O=C(CCCC(=O)OCc1ccccc1)CC(COCCC(=O)Oc1c(F)c(F)c(F)c(F)c1F)(COCCC(=O)Oc1c(F)c(F)c(F)c(F)c1F)COCCC(=O)Oc1c(F)c(F)c(F)c(F)c1F.O=C(O)CCOCC(COCCC(=O)O)(COCCC(=O)O)CC(=O)CCCC(=O)OCc1ccccc1.[2H]CC. The van der Waals surface area contributed by atoms with E-state index in [1.54, 1.807) is 37.3 Å². The fourth-order valence-corrected chi connectivity index (χ4v) is 9.24. The molecule has 115 heavy (non-hydrogen) atoms. The van der Waals surface area contributed by atoms with Gasteiger partial charge >= 0.3 is 47.8 Å². The van der Waals surface area contributed by atoms with Crippen molar-refractivity contribution in [2.75, 3.05) is 85.9 Å². The highest BCUT2D eigenvalue weighted by atomic mass is 32.0. The van der Waals surface area contributed by atoms with Crippen molar-refractivity contribution in [3.05, 3.63) is 159 Å². The van der Waals surface area contributed by atoms with E-state index < -0.39 is 241 Å². The molecule has 24 nitrogen and oxygen atoms in total. The van der Waals surface area contributed by atoms with Gasteiger partial charge < -0.3 is 67.4 Å². The summed E-state index contributed by atoms with van der Waals surface area (Å²) >= 11 is 0. The molecule has 5 aromatic rings. The Morgan fingerprint density at radius 3 is 0.783 bits per heavy atom. The molecule has 5 aromatic carbocycles. The first-order valence-electron chi connectivity index (χ1n) is 34.7. The maximum atomic E-state index is 14.1. The normalized spacial score (nSPS) is 11.4. The highest BCUT2D eigenvalue weighted by Crippen LogP contribution is 2.35. The number of carbonyl (C=O) groups excluding carboxylic acids is 7. The van der Waals surface area contributed by atoms with E-state index in [0.717, 1.165) is 5.56 Å². The number of ether oxygens (including phenoxy) is 11. The summed E-state index contributed by atoms with van der Waals surface area (Å²) in [5.41, 5.74) is -1.56. The minimum atomic E-state index is -2.57. The fourth-order valence-electron chi connectivity index (χ4n) is 9.24. The van der Waals surface area contributed by atoms with Gasteiger partial charge in [-0.1, -0.05) is 82.8 Å². The lowest BCUT2D eigenvalue weighted by Gasteiger charge is -2.33. The van der Waals surface area contributed by atoms with Gasteiger partial charge in [0.15, 0.2) is 0 Å². The number of Topliss-reactive ketones (excluding diaryl/α,β-unsaturated/α-hetero) is 2. The minimum absolute atomic E-state index is 0.0326. The second-order valence-electron chi connectivity index (χ2n) is 23.9. The molecular formula is C73H80F16O24P2. The van der Waals surface area contributed by atoms with Gasteiger partial charge in [0, 0.05) is 50.7 Å². The number of carboxylic acid groups (broad SMARTS) is 3. The van der Waals surface area contributed by atoms with E-state index in [-0.39, 0.29) is 125 Å². The van der Waals surface area contributed by atoms with Crippen molar-refractivity contribution in [3.63, 3.8) is 0 Å². The third-order valence-electron chi connectivity index (χ3n) is 14.7. The Morgan fingerprint density at radius 2 is 0.565 bits per heavy atom. The predicted octanol–water partition coefficient (Wildman–Crippen LogP) is 14.1. The molecule has 0 heterocycles. The molecule has 0 spiro atoms. The molecule has 0 radical (unpaired) electrons. The van der Waals surface area contributed by atoms with E-state index in [9.17, 15) is 118 Å². The van der Waals surface area contributed by atoms with Gasteiger partial charge in [0.1, 0.15) is 24.8 Å². The summed E-state index contributed by atoms with van der Waals surface area (Å²) in [6.07, 6.45) is -5.34. The van der Waals surface area contributed by atoms with Crippen LogP contribution in [0.15, 0.2) is 60.7 Å². The average molecular weight is 1710 g/mol. The topological polar surface area (TPSA) is 333 Å². The van der Waals surface area contributed by atoms with Crippen molar-refractivity contribution >= 4 is 76.2 Å². The number of carbonyl (C=O) groups is 10. The summed E-state index contributed by atoms with van der Waals surface area (Å²) in [5.74, 6) is -53.8. The lowest BCUT2D eigenvalue weighted by atomic mass is 9.84. The molecule has 0 aliphatic rings. The van der Waals surface area contributed by atoms with Crippen LogP contribution in [0.25, 0.3) is 0 Å². The van der Waals surface area contributed by atoms with Crippen molar-refractivity contribution in [3.8, 4) is 17.2 Å². The van der Waals surface area contributed by atoms with Gasteiger partial charge in [0.2, 0.25) is 105 Å². The number of benzene rings is 5. The Morgan fingerprint density at radius 1 is 0.348 bits per heavy atom. The number of rotatable bonds is 50. The molecular weight excluding hydrogens is 1630 g/mol. The van der Waals surface area contributed by atoms with Crippen molar-refractivity contribution in [2.45, 2.75) is 117 Å². The number of hydrogen-bond donors (Lipinski definition) is 3. The first-order valence-corrected chi connectivity index (χ1v) is 37.3. The van der Waals surface area contributed by atoms with Crippen molar-refractivity contribution in [2.24, 2.45) is 10.8 Å². The molecule has 2 unspecified atom stereocenters. The molecule has 0 aromatic heterocycles. The number of carboxylic acids is 3. The monoisotopic (exact) mass is 1710 g/mol. The van der Waals surface area contributed by atoms with Crippen LogP contribution in [0.5, 0.6) is 17.2 Å². The molecule has 0 fully saturated rings. The zero-order valence-electron chi connectivity index (χ0n) is 62.2. The Balaban J connectivity index is 0.000000849. The van der Waals surface area contributed by atoms with Crippen LogP contribution >= 0.6 is 16.8 Å². The zero-order chi connectivity index (χ0) is 87.1. The van der Waals surface area contributed by atoms with Gasteiger partial charge in [0.25, 0.3) is 0 Å². The molecule has 0 bridgehead atoms. The summed E-state index contributed by atoms with van der Waals surface area (Å²) in [6.45, 7) is -1.75. The molecule has 0 amide bonds. The fraction of sp³-hybridized carbons (Fsp3) is 0.452. The second kappa shape index (κ2) is 54.5. The van der Waals surface area contributed by atoms with Gasteiger partial charge in [-0.05, 0) is 30.6 Å². The van der Waals surface area contributed by atoms with Crippen LogP contribution in [0.3, 0.4) is 0 Å². The molecule has 42 heteroatoms. The smallest absolute Gasteiger partial charge is 0.313 e. The van der Waals surface area contributed by atoms with Gasteiger partial charge in [-0.15, -0.1) is 0 Å². The second-order valence-corrected chi connectivity index (χ2v) is 26.6. The number of aliphatic carboxylic acids is 3. The molecule has 0 saturated heterocycles. The molecule has 0 aliphatic heterocycles. The summed E-state index contributed by atoms with van der Waals surface area (Å²) in [6, 6.07) is 17.5. The predicted molar refractivity (Wildman–Crippen MR) is 370 cm³/mol. The quantitative estimate of drug-likeness (QED) is 0.00619. The van der Waals surface area contributed by atoms with Gasteiger partial charge in [-0.3, -0.25) is 47.9 Å². The van der Waals surface area contributed by atoms with Gasteiger partial charge in [-0.25, -0.2) is 43.7 Å². The lowest BCUT2D eigenvalue weighted by molar-refractivity contribution is -0.146. The van der Waals surface area contributed by atoms with E-state index in [4.69, 9.17) is 54.6 Å². The van der Waals surface area contributed by atoms with Crippen LogP contribution in [0.4, 0.5) is 70.1 Å². The first-order chi connectivity index (χ1) is 54.9. The number of hydrogen-bond acceptors (Lipinski definition) is 21. The summed E-state index contributed by atoms with van der Waals surface area (Å²) in [5, 5.41) is 26.6. The van der Waals surface area contributed by atoms with E-state index in [1.807, 2.05) is 37.0 Å². The van der Waals surface area contributed by atoms with E-state index >= 15 is 0 Å². The molecule has 0 saturated carbocycles. The Labute approximate surface area is 651 Å². The Bertz CT molecular complexity index is 3670. The average Bonchev–Trinajstić information content (AvgIpc) is 0.805. The van der Waals surface area contributed by atoms with Crippen LogP contribution < -0.4 is 14.2 Å². The van der Waals surface area contributed by atoms with Crippen molar-refractivity contribution < 1.29 is 187 Å². The summed E-state index contributed by atoms with van der Waals surface area (Å²) in [4.78, 5) is 120. The molecule has 5 rings (SSSR count). The highest BCUT2D eigenvalue weighted by molar-refractivity contribution is 8.09. The van der Waals surface area contributed by atoms with E-state index in [1.165, 1.54) is 0 Å². The Kier molecular flexibility index (Phi) is 47.4. The number of halogens is 16. The highest BCUT2D eigenvalue weighted by Gasteiger charge is 2.38. The largest absolute Gasteiger partial charge is 0.481 e.